The van der Waals surface area contributed by atoms with E-state index in [1.54, 1.807) is 17.5 Å². The van der Waals surface area contributed by atoms with Crippen LogP contribution < -0.4 is 9.47 Å². The molecule has 0 N–H and O–H groups in total. The van der Waals surface area contributed by atoms with Gasteiger partial charge in [-0.25, -0.2) is 0 Å². The molecular weight excluding hydrogens is 726 g/mol. The summed E-state index contributed by atoms with van der Waals surface area (Å²) < 4.78 is 12.0. The molecule has 1 aliphatic carbocycles. The fourth-order valence-electron chi connectivity index (χ4n) is 4.57. The normalized spacial score (nSPS) is 12.2. The standard InChI is InChI=1S/C21H25.C13H13O2.C3H6.2ClH.Hf/c1-20(2,3)16-7-9-18-14(12-16)11-15-13-17(21(4,5)6)8-10-19(15)18;1-14-11-7-8-12(13(9-11)15-2)10-5-3-4-6-10;1-3-2;;;/h7-13H,1-6H3;3,5,7-9H,4H2,1-2H3;1-2H3;2*1H;/q2*-1;;;;+2. The smallest absolute Gasteiger partial charge is 0.147 e. The second kappa shape index (κ2) is 16.1. The summed E-state index contributed by atoms with van der Waals surface area (Å²) in [6.07, 6.45) is 8.29. The van der Waals surface area contributed by atoms with E-state index in [0.29, 0.717) is 0 Å². The van der Waals surface area contributed by atoms with E-state index in [1.807, 2.05) is 18.2 Å². The molecule has 0 spiro atoms. The van der Waals surface area contributed by atoms with Crippen molar-refractivity contribution in [2.24, 2.45) is 0 Å². The zero-order valence-electron chi connectivity index (χ0n) is 26.8. The van der Waals surface area contributed by atoms with Gasteiger partial charge in [0.05, 0.1) is 20.0 Å². The van der Waals surface area contributed by atoms with Gasteiger partial charge in [-0.2, -0.15) is 17.7 Å². The molecule has 0 bridgehead atoms. The molecule has 0 amide bonds. The molecule has 0 heterocycles. The van der Waals surface area contributed by atoms with Crippen LogP contribution in [0.25, 0.3) is 27.1 Å². The first-order valence-corrected chi connectivity index (χ1v) is 15.7. The molecule has 5 heteroatoms. The number of hydrogen-bond acceptors (Lipinski definition) is 2. The van der Waals surface area contributed by atoms with Gasteiger partial charge in [-0.05, 0) is 16.9 Å². The Hall–Kier alpha value is -2.07. The fraction of sp³-hybridized carbons (Fsp3) is 0.351. The summed E-state index contributed by atoms with van der Waals surface area (Å²) in [5, 5.41) is 5.48. The van der Waals surface area contributed by atoms with Crippen molar-refractivity contribution in [2.45, 2.75) is 72.6 Å². The summed E-state index contributed by atoms with van der Waals surface area (Å²) in [6.45, 7) is 17.9. The summed E-state index contributed by atoms with van der Waals surface area (Å²) in [5.74, 6) is 1.63. The molecule has 1 aliphatic rings. The fourth-order valence-corrected chi connectivity index (χ4v) is 4.57. The number of halogens is 2. The van der Waals surface area contributed by atoms with Crippen LogP contribution in [0.4, 0.5) is 0 Å². The van der Waals surface area contributed by atoms with Crippen LogP contribution in [-0.2, 0) is 34.7 Å². The van der Waals surface area contributed by atoms with E-state index in [0.717, 1.165) is 29.1 Å². The van der Waals surface area contributed by atoms with Crippen LogP contribution in [0, 0.1) is 6.08 Å². The number of rotatable bonds is 3. The number of benzene rings is 3. The van der Waals surface area contributed by atoms with Gasteiger partial charge in [-0.15, -0.1) is 76.7 Å². The molecule has 0 aromatic heterocycles. The zero-order valence-corrected chi connectivity index (χ0v) is 32.0. The molecule has 5 rings (SSSR count). The molecule has 0 atom stereocenters. The van der Waals surface area contributed by atoms with E-state index in [-0.39, 0.29) is 35.6 Å². The summed E-state index contributed by atoms with van der Waals surface area (Å²) in [6, 6.07) is 22.0. The number of allylic oxidation sites excluding steroid dienone is 4. The van der Waals surface area contributed by atoms with Gasteiger partial charge in [0.15, 0.2) is 0 Å². The molecule has 0 saturated heterocycles. The van der Waals surface area contributed by atoms with Crippen molar-refractivity contribution in [3.05, 3.63) is 95.6 Å². The average molecular weight is 772 g/mol. The summed E-state index contributed by atoms with van der Waals surface area (Å²) in [7, 11) is 3.31. The predicted molar refractivity (Wildman–Crippen MR) is 185 cm³/mol. The molecule has 0 fully saturated rings. The first-order valence-electron chi connectivity index (χ1n) is 13.9. The van der Waals surface area contributed by atoms with Crippen molar-refractivity contribution in [2.75, 3.05) is 14.2 Å². The van der Waals surface area contributed by atoms with Crippen LogP contribution in [0.15, 0.2) is 72.8 Å². The maximum Gasteiger partial charge on any atom is -0.147 e. The Labute approximate surface area is 280 Å². The maximum absolute atomic E-state index is 5.33. The van der Waals surface area contributed by atoms with Gasteiger partial charge in [-0.1, -0.05) is 88.9 Å². The first kappa shape index (κ1) is 38.0. The minimum absolute atomic E-state index is 0. The maximum atomic E-state index is 5.33. The third-order valence-corrected chi connectivity index (χ3v) is 6.83. The molecule has 0 radical (unpaired) electrons. The van der Waals surface area contributed by atoms with Gasteiger partial charge in [0.25, 0.3) is 0 Å². The Kier molecular flexibility index (Phi) is 14.6. The minimum Gasteiger partial charge on any atom is -0.147 e. The molecule has 2 nitrogen and oxygen atoms in total. The van der Waals surface area contributed by atoms with Gasteiger partial charge in [-0.3, -0.25) is 0 Å². The van der Waals surface area contributed by atoms with E-state index in [9.17, 15) is 0 Å². The Morgan fingerprint density at radius 1 is 0.762 bits per heavy atom. The van der Waals surface area contributed by atoms with Gasteiger partial charge in [0.1, 0.15) is 5.75 Å². The molecule has 0 unspecified atom stereocenters. The number of methoxy groups -OCH3 is 2. The van der Waals surface area contributed by atoms with Gasteiger partial charge >= 0.3 is 41.0 Å². The Morgan fingerprint density at radius 3 is 1.64 bits per heavy atom. The Bertz CT molecular complexity index is 1470. The van der Waals surface area contributed by atoms with Crippen LogP contribution >= 0.6 is 24.8 Å². The van der Waals surface area contributed by atoms with Gasteiger partial charge < -0.3 is 9.47 Å². The van der Waals surface area contributed by atoms with Crippen molar-refractivity contribution >= 4 is 55.2 Å². The van der Waals surface area contributed by atoms with E-state index in [4.69, 9.17) is 9.47 Å². The zero-order chi connectivity index (χ0) is 29.7. The number of hydrogen-bond donors (Lipinski definition) is 0. The van der Waals surface area contributed by atoms with Crippen LogP contribution in [0.5, 0.6) is 11.5 Å². The third-order valence-electron chi connectivity index (χ3n) is 6.83. The van der Waals surface area contributed by atoms with Crippen LogP contribution in [0.2, 0.25) is 0 Å². The average Bonchev–Trinajstić information content (AvgIpc) is 3.54. The summed E-state index contributed by atoms with van der Waals surface area (Å²) >= 11 is 1.27. The van der Waals surface area contributed by atoms with Crippen molar-refractivity contribution in [3.8, 4) is 11.5 Å². The second-order valence-electron chi connectivity index (χ2n) is 12.5. The SMILES string of the molecule is CC(C)(C)c1ccc2c(c1)[cH-]c1cc(C(C)(C)C)ccc12.COc1ccc(C2=[C-]CC=C2)c(OC)c1.C[C](C)=[Hf+2].Cl.Cl. The molecule has 224 valence electrons. The molecule has 0 saturated carbocycles. The third kappa shape index (κ3) is 10.00. The Balaban J connectivity index is 0.000000371. The monoisotopic (exact) mass is 772 g/mol. The van der Waals surface area contributed by atoms with Gasteiger partial charge in [0, 0.05) is 6.07 Å². The van der Waals surface area contributed by atoms with Crippen molar-refractivity contribution in [3.63, 3.8) is 0 Å². The van der Waals surface area contributed by atoms with Crippen molar-refractivity contribution in [1.82, 2.24) is 0 Å². The minimum atomic E-state index is 0. The molecule has 42 heavy (non-hydrogen) atoms. The number of fused-ring (bicyclic) bond motifs is 3. The van der Waals surface area contributed by atoms with Crippen molar-refractivity contribution in [1.29, 1.82) is 0 Å². The van der Waals surface area contributed by atoms with E-state index < -0.39 is 0 Å². The summed E-state index contributed by atoms with van der Waals surface area (Å²) in [5.41, 5.74) is 5.37. The van der Waals surface area contributed by atoms with E-state index >= 15 is 0 Å². The molecular formula is C37H46Cl2HfO2. The topological polar surface area (TPSA) is 18.5 Å². The first-order chi connectivity index (χ1) is 18.7. The van der Waals surface area contributed by atoms with Crippen LogP contribution in [-0.4, -0.2) is 17.5 Å². The largest absolute Gasteiger partial charge is 0.147 e. The molecule has 4 aromatic rings. The molecule has 0 aliphatic heterocycles. The van der Waals surface area contributed by atoms with E-state index in [1.165, 1.54) is 56.6 Å². The predicted octanol–water partition coefficient (Wildman–Crippen LogP) is 10.7. The Morgan fingerprint density at radius 2 is 1.26 bits per heavy atom. The van der Waals surface area contributed by atoms with Crippen LogP contribution in [0.3, 0.4) is 0 Å². The molecule has 4 aromatic carbocycles. The second-order valence-corrected chi connectivity index (χ2v) is 16.1. The number of ether oxygens (including phenoxy) is 2. The quantitative estimate of drug-likeness (QED) is 0.153. The van der Waals surface area contributed by atoms with E-state index in [2.05, 4.69) is 116 Å². The van der Waals surface area contributed by atoms with Crippen molar-refractivity contribution < 1.29 is 33.4 Å². The summed E-state index contributed by atoms with van der Waals surface area (Å²) in [4.78, 5) is 0. The van der Waals surface area contributed by atoms with Gasteiger partial charge in [0.2, 0.25) is 0 Å². The van der Waals surface area contributed by atoms with Crippen LogP contribution in [0.1, 0.15) is 78.5 Å².